The summed E-state index contributed by atoms with van der Waals surface area (Å²) < 4.78 is 3.10. The third-order valence-electron chi connectivity index (χ3n) is 4.66. The van der Waals surface area contributed by atoms with E-state index in [-0.39, 0.29) is 0 Å². The number of aliphatic imine (C=N–C) groups is 1. The van der Waals surface area contributed by atoms with Gasteiger partial charge in [-0.2, -0.15) is 0 Å². The summed E-state index contributed by atoms with van der Waals surface area (Å²) in [5, 5.41) is 15.2. The minimum atomic E-state index is 0.475. The highest BCUT2D eigenvalue weighted by Gasteiger charge is 2.10. The maximum absolute atomic E-state index is 4.70. The first kappa shape index (κ1) is 20.3. The number of guanidine groups is 1. The van der Waals surface area contributed by atoms with Crippen LogP contribution in [0.1, 0.15) is 31.7 Å². The van der Waals surface area contributed by atoms with E-state index < -0.39 is 0 Å². The minimum Gasteiger partial charge on any atom is -0.357 e. The van der Waals surface area contributed by atoms with E-state index in [0.717, 1.165) is 47.8 Å². The van der Waals surface area contributed by atoms with Gasteiger partial charge < -0.3 is 10.6 Å². The predicted molar refractivity (Wildman–Crippen MR) is 117 cm³/mol. The van der Waals surface area contributed by atoms with Gasteiger partial charge in [-0.05, 0) is 49.1 Å². The van der Waals surface area contributed by atoms with Crippen LogP contribution in [0.25, 0.3) is 5.65 Å². The van der Waals surface area contributed by atoms with Gasteiger partial charge in [-0.1, -0.05) is 47.5 Å². The number of halogens is 1. The van der Waals surface area contributed by atoms with Crippen LogP contribution in [0, 0.1) is 5.92 Å². The Morgan fingerprint density at radius 3 is 2.82 bits per heavy atom. The van der Waals surface area contributed by atoms with Crippen LogP contribution >= 0.6 is 15.9 Å². The number of benzene rings is 1. The van der Waals surface area contributed by atoms with Crippen LogP contribution < -0.4 is 10.6 Å². The van der Waals surface area contributed by atoms with E-state index in [9.17, 15) is 0 Å². The molecule has 0 aliphatic rings. The molecule has 0 fully saturated rings. The molecule has 1 atom stereocenters. The molecule has 3 rings (SSSR count). The Morgan fingerprint density at radius 2 is 2.04 bits per heavy atom. The van der Waals surface area contributed by atoms with Gasteiger partial charge >= 0.3 is 0 Å². The van der Waals surface area contributed by atoms with Crippen LogP contribution in [0.4, 0.5) is 0 Å². The SMILES string of the molecule is CCNC(=NCc1nnc2ccccn12)NCC(CC)Cc1cccc(Br)c1. The molecule has 0 radical (unpaired) electrons. The molecule has 28 heavy (non-hydrogen) atoms. The maximum atomic E-state index is 4.70. The van der Waals surface area contributed by atoms with Crippen LogP contribution in [0.2, 0.25) is 0 Å². The molecule has 6 nitrogen and oxygen atoms in total. The van der Waals surface area contributed by atoms with E-state index in [1.54, 1.807) is 0 Å². The fraction of sp³-hybridized carbons (Fsp3) is 0.381. The van der Waals surface area contributed by atoms with Crippen LogP contribution in [0.5, 0.6) is 0 Å². The Balaban J connectivity index is 1.62. The molecule has 0 bridgehead atoms. The first-order valence-electron chi connectivity index (χ1n) is 9.74. The highest BCUT2D eigenvalue weighted by atomic mass is 79.9. The summed E-state index contributed by atoms with van der Waals surface area (Å²) in [4.78, 5) is 4.70. The lowest BCUT2D eigenvalue weighted by atomic mass is 9.97. The lowest BCUT2D eigenvalue weighted by Crippen LogP contribution is -2.40. The zero-order valence-corrected chi connectivity index (χ0v) is 18.0. The summed E-state index contributed by atoms with van der Waals surface area (Å²) >= 11 is 3.56. The number of fused-ring (bicyclic) bond motifs is 1. The van der Waals surface area contributed by atoms with E-state index in [2.05, 4.69) is 74.9 Å². The van der Waals surface area contributed by atoms with E-state index in [0.29, 0.717) is 12.5 Å². The number of hydrogen-bond acceptors (Lipinski definition) is 3. The lowest BCUT2D eigenvalue weighted by molar-refractivity contribution is 0.493. The van der Waals surface area contributed by atoms with Gasteiger partial charge in [0, 0.05) is 23.8 Å². The number of nitrogens with zero attached hydrogens (tertiary/aromatic N) is 4. The maximum Gasteiger partial charge on any atom is 0.191 e. The van der Waals surface area contributed by atoms with Crippen molar-refractivity contribution in [3.63, 3.8) is 0 Å². The standard InChI is InChI=1S/C21H27BrN6/c1-3-16(12-17-8-7-9-18(22)13-17)14-24-21(23-4-2)25-15-20-27-26-19-10-5-6-11-28(19)20/h5-11,13,16H,3-4,12,14-15H2,1-2H3,(H2,23,24,25). The van der Waals surface area contributed by atoms with E-state index in [4.69, 9.17) is 4.99 Å². The fourth-order valence-corrected chi connectivity index (χ4v) is 3.54. The van der Waals surface area contributed by atoms with E-state index in [1.807, 2.05) is 28.8 Å². The average Bonchev–Trinajstić information content (AvgIpc) is 3.12. The largest absolute Gasteiger partial charge is 0.357 e. The summed E-state index contributed by atoms with van der Waals surface area (Å²) in [7, 11) is 0. The molecule has 0 aliphatic heterocycles. The van der Waals surface area contributed by atoms with Gasteiger partial charge in [0.25, 0.3) is 0 Å². The second-order valence-corrected chi connectivity index (χ2v) is 7.65. The average molecular weight is 443 g/mol. The van der Waals surface area contributed by atoms with Crippen molar-refractivity contribution in [2.24, 2.45) is 10.9 Å². The Hall–Kier alpha value is -2.41. The third-order valence-corrected chi connectivity index (χ3v) is 5.15. The number of aromatic nitrogens is 3. The Bertz CT molecular complexity index is 920. The highest BCUT2D eigenvalue weighted by molar-refractivity contribution is 9.10. The van der Waals surface area contributed by atoms with Crippen molar-refractivity contribution in [1.82, 2.24) is 25.2 Å². The van der Waals surface area contributed by atoms with Gasteiger partial charge in [0.05, 0.1) is 0 Å². The number of nitrogens with one attached hydrogen (secondary N) is 2. The topological polar surface area (TPSA) is 66.6 Å². The molecule has 2 N–H and O–H groups in total. The molecule has 2 aromatic heterocycles. The molecule has 7 heteroatoms. The van der Waals surface area contributed by atoms with Crippen molar-refractivity contribution < 1.29 is 0 Å². The van der Waals surface area contributed by atoms with Crippen LogP contribution in [-0.2, 0) is 13.0 Å². The molecule has 0 saturated heterocycles. The third kappa shape index (κ3) is 5.55. The molecule has 0 saturated carbocycles. The minimum absolute atomic E-state index is 0.475. The summed E-state index contributed by atoms with van der Waals surface area (Å²) in [6.45, 7) is 6.46. The van der Waals surface area contributed by atoms with Crippen molar-refractivity contribution in [2.75, 3.05) is 13.1 Å². The highest BCUT2D eigenvalue weighted by Crippen LogP contribution is 2.16. The molecule has 3 aromatic rings. The molecule has 1 aromatic carbocycles. The van der Waals surface area contributed by atoms with Gasteiger partial charge in [-0.15, -0.1) is 10.2 Å². The van der Waals surface area contributed by atoms with Crippen molar-refractivity contribution >= 4 is 27.5 Å². The summed E-state index contributed by atoms with van der Waals surface area (Å²) in [6, 6.07) is 14.4. The second-order valence-electron chi connectivity index (χ2n) is 6.73. The van der Waals surface area contributed by atoms with Gasteiger partial charge in [0.1, 0.15) is 6.54 Å². The molecule has 0 aliphatic carbocycles. The normalized spacial score (nSPS) is 12.9. The first-order chi connectivity index (χ1) is 13.7. The van der Waals surface area contributed by atoms with E-state index in [1.165, 1.54) is 5.56 Å². The second kappa shape index (κ2) is 10.2. The summed E-state index contributed by atoms with van der Waals surface area (Å²) in [6.07, 6.45) is 4.11. The van der Waals surface area contributed by atoms with Crippen molar-refractivity contribution in [1.29, 1.82) is 0 Å². The monoisotopic (exact) mass is 442 g/mol. The van der Waals surface area contributed by atoms with Crippen LogP contribution in [-0.4, -0.2) is 33.6 Å². The molecular formula is C21H27BrN6. The quantitative estimate of drug-likeness (QED) is 0.411. The van der Waals surface area contributed by atoms with Gasteiger partial charge in [0.15, 0.2) is 17.4 Å². The molecule has 0 spiro atoms. The smallest absolute Gasteiger partial charge is 0.191 e. The molecule has 1 unspecified atom stereocenters. The number of pyridine rings is 1. The summed E-state index contributed by atoms with van der Waals surface area (Å²) in [5.41, 5.74) is 2.19. The Morgan fingerprint density at radius 1 is 1.14 bits per heavy atom. The first-order valence-corrected chi connectivity index (χ1v) is 10.5. The van der Waals surface area contributed by atoms with Crippen LogP contribution in [0.3, 0.4) is 0 Å². The Labute approximate surface area is 174 Å². The molecule has 0 amide bonds. The van der Waals surface area contributed by atoms with Crippen molar-refractivity contribution in [3.05, 3.63) is 64.5 Å². The zero-order chi connectivity index (χ0) is 19.8. The zero-order valence-electron chi connectivity index (χ0n) is 16.4. The van der Waals surface area contributed by atoms with Crippen molar-refractivity contribution in [2.45, 2.75) is 33.2 Å². The van der Waals surface area contributed by atoms with Gasteiger partial charge in [0.2, 0.25) is 0 Å². The molecular weight excluding hydrogens is 416 g/mol. The fourth-order valence-electron chi connectivity index (χ4n) is 3.09. The Kier molecular flexibility index (Phi) is 7.42. The molecule has 148 valence electrons. The lowest BCUT2D eigenvalue weighted by Gasteiger charge is -2.18. The van der Waals surface area contributed by atoms with Crippen LogP contribution in [0.15, 0.2) is 58.1 Å². The number of hydrogen-bond donors (Lipinski definition) is 2. The van der Waals surface area contributed by atoms with E-state index >= 15 is 0 Å². The van der Waals surface area contributed by atoms with Gasteiger partial charge in [-0.25, -0.2) is 4.99 Å². The number of rotatable bonds is 8. The van der Waals surface area contributed by atoms with Crippen molar-refractivity contribution in [3.8, 4) is 0 Å². The molecule has 2 heterocycles. The van der Waals surface area contributed by atoms with Gasteiger partial charge in [-0.3, -0.25) is 4.40 Å². The summed E-state index contributed by atoms with van der Waals surface area (Å²) in [5.74, 6) is 2.17. The predicted octanol–water partition coefficient (Wildman–Crippen LogP) is 3.82.